The first-order valence-electron chi connectivity index (χ1n) is 7.89. The van der Waals surface area contributed by atoms with Crippen molar-refractivity contribution in [3.05, 3.63) is 74.2 Å². The molecule has 7 heteroatoms. The maximum atomic E-state index is 13.0. The summed E-state index contributed by atoms with van der Waals surface area (Å²) in [6, 6.07) is 12.1. The average Bonchev–Trinajstić information content (AvgIpc) is 2.91. The van der Waals surface area contributed by atoms with E-state index in [0.717, 1.165) is 28.0 Å². The lowest BCUT2D eigenvalue weighted by atomic mass is 10.1. The van der Waals surface area contributed by atoms with Gasteiger partial charge in [-0.3, -0.25) is 19.8 Å². The Balaban J connectivity index is 2.00. The number of anilines is 1. The molecule has 0 bridgehead atoms. The number of nitrogens with zero attached hydrogens (tertiary/aromatic N) is 2. The number of allylic oxidation sites excluding steroid dienone is 1. The van der Waals surface area contributed by atoms with E-state index in [0.29, 0.717) is 9.23 Å². The monoisotopic (exact) mass is 384 g/mol. The van der Waals surface area contributed by atoms with E-state index in [1.807, 2.05) is 39.0 Å². The molecule has 132 valence electrons. The van der Waals surface area contributed by atoms with Crippen LogP contribution in [0.2, 0.25) is 0 Å². The molecule has 0 aliphatic carbocycles. The summed E-state index contributed by atoms with van der Waals surface area (Å²) < 4.78 is 0.486. The largest absolute Gasteiger partial charge is 0.271 e. The van der Waals surface area contributed by atoms with Crippen LogP contribution < -0.4 is 4.90 Å². The van der Waals surface area contributed by atoms with Gasteiger partial charge in [-0.05, 0) is 61.2 Å². The molecule has 0 spiro atoms. The van der Waals surface area contributed by atoms with E-state index in [1.54, 1.807) is 17.0 Å². The number of non-ortho nitro benzene ring substituents is 1. The summed E-state index contributed by atoms with van der Waals surface area (Å²) in [6.07, 6.45) is 0. The van der Waals surface area contributed by atoms with Crippen molar-refractivity contribution in [2.24, 2.45) is 0 Å². The first-order chi connectivity index (χ1) is 12.3. The molecule has 3 rings (SSSR count). The van der Waals surface area contributed by atoms with E-state index in [2.05, 4.69) is 0 Å². The number of carbonyl (C=O) groups excluding carboxylic acids is 1. The van der Waals surface area contributed by atoms with Crippen molar-refractivity contribution in [2.45, 2.75) is 20.8 Å². The van der Waals surface area contributed by atoms with E-state index in [-0.39, 0.29) is 11.6 Å². The number of thiocarbonyl (C=S) groups is 1. The Hall–Kier alpha value is -2.51. The van der Waals surface area contributed by atoms with Gasteiger partial charge in [0, 0.05) is 12.1 Å². The van der Waals surface area contributed by atoms with Crippen molar-refractivity contribution in [1.82, 2.24) is 0 Å². The summed E-state index contributed by atoms with van der Waals surface area (Å²) in [5.41, 5.74) is 4.35. The minimum atomic E-state index is -0.445. The van der Waals surface area contributed by atoms with Gasteiger partial charge in [-0.2, -0.15) is 0 Å². The molecule has 1 aliphatic heterocycles. The number of aryl methyl sites for hydroxylation is 2. The van der Waals surface area contributed by atoms with Gasteiger partial charge in [-0.15, -0.1) is 0 Å². The standard InChI is InChI=1S/C19H16N2O3S2/c1-11-4-5-12(2)16(10-11)20-18(22)17(26-19(20)25)13(3)14-6-8-15(9-7-14)21(23)24/h4-10H,1-3H3/b17-13-. The summed E-state index contributed by atoms with van der Waals surface area (Å²) in [6.45, 7) is 5.75. The van der Waals surface area contributed by atoms with Crippen molar-refractivity contribution in [1.29, 1.82) is 0 Å². The first kappa shape index (κ1) is 18.3. The quantitative estimate of drug-likeness (QED) is 0.322. The van der Waals surface area contributed by atoms with E-state index in [1.165, 1.54) is 23.9 Å². The van der Waals surface area contributed by atoms with Crippen molar-refractivity contribution in [3.8, 4) is 0 Å². The number of rotatable bonds is 3. The van der Waals surface area contributed by atoms with Gasteiger partial charge in [-0.25, -0.2) is 0 Å². The lowest BCUT2D eigenvalue weighted by molar-refractivity contribution is -0.384. The molecule has 0 aromatic heterocycles. The Morgan fingerprint density at radius 3 is 2.42 bits per heavy atom. The molecular weight excluding hydrogens is 368 g/mol. The fraction of sp³-hybridized carbons (Fsp3) is 0.158. The van der Waals surface area contributed by atoms with Crippen LogP contribution in [0, 0.1) is 24.0 Å². The molecular formula is C19H16N2O3S2. The highest BCUT2D eigenvalue weighted by molar-refractivity contribution is 8.27. The Bertz CT molecular complexity index is 965. The fourth-order valence-electron chi connectivity index (χ4n) is 2.73. The second-order valence-electron chi connectivity index (χ2n) is 6.06. The van der Waals surface area contributed by atoms with E-state index < -0.39 is 4.92 Å². The highest BCUT2D eigenvalue weighted by Gasteiger charge is 2.35. The molecule has 1 aliphatic rings. The Morgan fingerprint density at radius 2 is 1.81 bits per heavy atom. The number of hydrogen-bond acceptors (Lipinski definition) is 5. The summed E-state index contributed by atoms with van der Waals surface area (Å²) in [7, 11) is 0. The number of nitro groups is 1. The molecule has 0 saturated carbocycles. The molecule has 0 atom stereocenters. The predicted octanol–water partition coefficient (Wildman–Crippen LogP) is 5.01. The molecule has 1 saturated heterocycles. The number of benzene rings is 2. The van der Waals surface area contributed by atoms with Crippen LogP contribution in [0.3, 0.4) is 0 Å². The second-order valence-corrected chi connectivity index (χ2v) is 7.70. The molecule has 0 N–H and O–H groups in total. The highest BCUT2D eigenvalue weighted by Crippen LogP contribution is 2.40. The van der Waals surface area contributed by atoms with Crippen LogP contribution in [-0.4, -0.2) is 15.2 Å². The van der Waals surface area contributed by atoms with Gasteiger partial charge < -0.3 is 0 Å². The third-order valence-electron chi connectivity index (χ3n) is 4.23. The van der Waals surface area contributed by atoms with Gasteiger partial charge in [0.2, 0.25) is 0 Å². The van der Waals surface area contributed by atoms with Gasteiger partial charge in [0.1, 0.15) is 0 Å². The number of amides is 1. The van der Waals surface area contributed by atoms with E-state index >= 15 is 0 Å². The van der Waals surface area contributed by atoms with Crippen molar-refractivity contribution in [2.75, 3.05) is 4.90 Å². The molecule has 1 fully saturated rings. The maximum Gasteiger partial charge on any atom is 0.271 e. The molecule has 26 heavy (non-hydrogen) atoms. The molecule has 5 nitrogen and oxygen atoms in total. The van der Waals surface area contributed by atoms with Crippen LogP contribution in [0.5, 0.6) is 0 Å². The third kappa shape index (κ3) is 3.27. The molecule has 2 aromatic rings. The maximum absolute atomic E-state index is 13.0. The molecule has 0 unspecified atom stereocenters. The molecule has 0 radical (unpaired) electrons. The zero-order valence-corrected chi connectivity index (χ0v) is 16.1. The predicted molar refractivity (Wildman–Crippen MR) is 109 cm³/mol. The van der Waals surface area contributed by atoms with Crippen LogP contribution >= 0.6 is 24.0 Å². The number of carbonyl (C=O) groups is 1. The smallest absolute Gasteiger partial charge is 0.268 e. The second kappa shape index (κ2) is 7.01. The Labute approximate surface area is 160 Å². The van der Waals surface area contributed by atoms with Crippen LogP contribution in [-0.2, 0) is 4.79 Å². The van der Waals surface area contributed by atoms with Gasteiger partial charge in [0.25, 0.3) is 11.6 Å². The zero-order chi connectivity index (χ0) is 19.0. The topological polar surface area (TPSA) is 63.5 Å². The molecule has 1 amide bonds. The van der Waals surface area contributed by atoms with Gasteiger partial charge in [0.15, 0.2) is 4.32 Å². The lowest BCUT2D eigenvalue weighted by Crippen LogP contribution is -2.28. The van der Waals surface area contributed by atoms with Crippen LogP contribution in [0.1, 0.15) is 23.6 Å². The summed E-state index contributed by atoms with van der Waals surface area (Å²) in [5.74, 6) is -0.162. The highest BCUT2D eigenvalue weighted by atomic mass is 32.2. The Kier molecular flexibility index (Phi) is 4.93. The average molecular weight is 384 g/mol. The van der Waals surface area contributed by atoms with Crippen LogP contribution in [0.4, 0.5) is 11.4 Å². The van der Waals surface area contributed by atoms with Gasteiger partial charge in [-0.1, -0.05) is 36.1 Å². The van der Waals surface area contributed by atoms with Crippen LogP contribution in [0.15, 0.2) is 47.4 Å². The zero-order valence-electron chi connectivity index (χ0n) is 14.5. The molecule has 1 heterocycles. The first-order valence-corrected chi connectivity index (χ1v) is 9.11. The van der Waals surface area contributed by atoms with Gasteiger partial charge in [0.05, 0.1) is 15.5 Å². The normalized spacial score (nSPS) is 16.2. The van der Waals surface area contributed by atoms with Crippen molar-refractivity contribution < 1.29 is 9.72 Å². The summed E-state index contributed by atoms with van der Waals surface area (Å²) in [4.78, 5) is 25.5. The third-order valence-corrected chi connectivity index (χ3v) is 5.70. The summed E-state index contributed by atoms with van der Waals surface area (Å²) >= 11 is 6.71. The number of hydrogen-bond donors (Lipinski definition) is 0. The van der Waals surface area contributed by atoms with Crippen LogP contribution in [0.25, 0.3) is 5.57 Å². The van der Waals surface area contributed by atoms with E-state index in [4.69, 9.17) is 12.2 Å². The van der Waals surface area contributed by atoms with E-state index in [9.17, 15) is 14.9 Å². The number of nitro benzene ring substituents is 1. The SMILES string of the molecule is C/C(=C1/SC(=S)N(c2cc(C)ccc2C)C1=O)c1ccc([N+](=O)[O-])cc1. The lowest BCUT2D eigenvalue weighted by Gasteiger charge is -2.18. The minimum Gasteiger partial charge on any atom is -0.268 e. The van der Waals surface area contributed by atoms with Crippen molar-refractivity contribution in [3.63, 3.8) is 0 Å². The molecule has 2 aromatic carbocycles. The Morgan fingerprint density at radius 1 is 1.15 bits per heavy atom. The summed E-state index contributed by atoms with van der Waals surface area (Å²) in [5, 5.41) is 10.8. The minimum absolute atomic E-state index is 0.0180. The fourth-order valence-corrected chi connectivity index (χ4v) is 4.06. The number of thioether (sulfide) groups is 1. The van der Waals surface area contributed by atoms with Crippen molar-refractivity contribution >= 4 is 51.2 Å². The van der Waals surface area contributed by atoms with Gasteiger partial charge >= 0.3 is 0 Å².